The molecular formula is C26H21ClN4O3S. The number of carbonyl (C=O) groups excluding carboxylic acids is 1. The number of rotatable bonds is 5. The number of hydrogen-bond acceptors (Lipinski definition) is 7. The summed E-state index contributed by atoms with van der Waals surface area (Å²) in [7, 11) is 1.50. The lowest BCUT2D eigenvalue weighted by Crippen LogP contribution is -2.08. The van der Waals surface area contributed by atoms with E-state index in [1.54, 1.807) is 24.3 Å². The van der Waals surface area contributed by atoms with Crippen molar-refractivity contribution < 1.29 is 14.3 Å². The van der Waals surface area contributed by atoms with Crippen LogP contribution in [0.3, 0.4) is 0 Å². The molecule has 0 atom stereocenters. The highest BCUT2D eigenvalue weighted by Gasteiger charge is 2.21. The molecule has 0 fully saturated rings. The standard InChI is InChI=1S/C26H21ClN4O3S/c1-33-20-14-16(13-17(15-28)25-30-29-22-9-3-2-6-12-31(22)25)10-11-19(20)34-26(32)24-23(27)18-7-4-5-8-21(18)35-24/h4-5,7-8,10-11,13-14H,2-3,6,9,12H2,1H3/b17-13+. The van der Waals surface area contributed by atoms with Crippen LogP contribution >= 0.6 is 22.9 Å². The molecule has 0 saturated heterocycles. The van der Waals surface area contributed by atoms with Crippen LogP contribution in [0.15, 0.2) is 42.5 Å². The molecule has 0 bridgehead atoms. The summed E-state index contributed by atoms with van der Waals surface area (Å²) < 4.78 is 14.0. The summed E-state index contributed by atoms with van der Waals surface area (Å²) in [4.78, 5) is 13.2. The van der Waals surface area contributed by atoms with Gasteiger partial charge in [0.15, 0.2) is 17.3 Å². The minimum Gasteiger partial charge on any atom is -0.493 e. The van der Waals surface area contributed by atoms with Gasteiger partial charge in [-0.05, 0) is 42.7 Å². The molecule has 3 heterocycles. The van der Waals surface area contributed by atoms with Crippen LogP contribution in [0.2, 0.25) is 5.02 Å². The molecule has 35 heavy (non-hydrogen) atoms. The van der Waals surface area contributed by atoms with Crippen LogP contribution in [0.1, 0.15) is 46.1 Å². The van der Waals surface area contributed by atoms with Crippen molar-refractivity contribution in [2.24, 2.45) is 0 Å². The Balaban J connectivity index is 1.42. The van der Waals surface area contributed by atoms with Crippen LogP contribution < -0.4 is 9.47 Å². The fourth-order valence-corrected chi connectivity index (χ4v) is 5.53. The van der Waals surface area contributed by atoms with E-state index in [9.17, 15) is 10.1 Å². The summed E-state index contributed by atoms with van der Waals surface area (Å²) in [5.41, 5.74) is 1.12. The van der Waals surface area contributed by atoms with E-state index in [2.05, 4.69) is 16.3 Å². The molecule has 1 aliphatic heterocycles. The van der Waals surface area contributed by atoms with Crippen molar-refractivity contribution in [3.63, 3.8) is 0 Å². The number of methoxy groups -OCH3 is 1. The molecule has 7 nitrogen and oxygen atoms in total. The first-order valence-electron chi connectivity index (χ1n) is 11.2. The molecule has 9 heteroatoms. The summed E-state index contributed by atoms with van der Waals surface area (Å²) in [6, 6.07) is 14.9. The molecule has 0 N–H and O–H groups in total. The molecule has 176 valence electrons. The van der Waals surface area contributed by atoms with E-state index in [0.29, 0.717) is 32.6 Å². The monoisotopic (exact) mass is 504 g/mol. The second-order valence-corrected chi connectivity index (χ2v) is 9.54. The highest BCUT2D eigenvalue weighted by Crippen LogP contribution is 2.37. The number of hydrogen-bond donors (Lipinski definition) is 0. The topological polar surface area (TPSA) is 90.0 Å². The maximum atomic E-state index is 12.9. The van der Waals surface area contributed by atoms with Gasteiger partial charge in [-0.2, -0.15) is 5.26 Å². The lowest BCUT2D eigenvalue weighted by molar-refractivity contribution is 0.0735. The van der Waals surface area contributed by atoms with Gasteiger partial charge < -0.3 is 14.0 Å². The van der Waals surface area contributed by atoms with Gasteiger partial charge in [-0.25, -0.2) is 4.79 Å². The highest BCUT2D eigenvalue weighted by atomic mass is 35.5. The SMILES string of the molecule is COc1cc(/C=C(\C#N)c2nnc3n2CCCCC3)ccc1OC(=O)c1sc2ccccc2c1Cl. The van der Waals surface area contributed by atoms with Gasteiger partial charge in [-0.1, -0.05) is 42.3 Å². The molecule has 2 aromatic carbocycles. The van der Waals surface area contributed by atoms with E-state index < -0.39 is 5.97 Å². The van der Waals surface area contributed by atoms with E-state index in [1.807, 2.05) is 28.8 Å². The molecule has 0 radical (unpaired) electrons. The van der Waals surface area contributed by atoms with Crippen molar-refractivity contribution in [2.45, 2.75) is 32.2 Å². The molecule has 5 rings (SSSR count). The fourth-order valence-electron chi connectivity index (χ4n) is 4.15. The smallest absolute Gasteiger partial charge is 0.355 e. The first kappa shape index (κ1) is 23.1. The minimum absolute atomic E-state index is 0.262. The average molecular weight is 505 g/mol. The number of thiophene rings is 1. The number of nitrogens with zero attached hydrogens (tertiary/aromatic N) is 4. The summed E-state index contributed by atoms with van der Waals surface area (Å²) in [5.74, 6) is 1.55. The quantitative estimate of drug-likeness (QED) is 0.183. The Morgan fingerprint density at radius 1 is 1.17 bits per heavy atom. The third kappa shape index (κ3) is 4.53. The molecule has 4 aromatic rings. The van der Waals surface area contributed by atoms with Crippen molar-refractivity contribution in [3.05, 3.63) is 69.6 Å². The molecule has 0 unspecified atom stereocenters. The van der Waals surface area contributed by atoms with E-state index in [0.717, 1.165) is 48.1 Å². The number of ether oxygens (including phenoxy) is 2. The first-order chi connectivity index (χ1) is 17.1. The summed E-state index contributed by atoms with van der Waals surface area (Å²) >= 11 is 7.71. The average Bonchev–Trinajstić information content (AvgIpc) is 3.34. The Morgan fingerprint density at radius 2 is 2.03 bits per heavy atom. The Morgan fingerprint density at radius 3 is 2.83 bits per heavy atom. The predicted molar refractivity (Wildman–Crippen MR) is 136 cm³/mol. The molecule has 2 aromatic heterocycles. The number of nitriles is 1. The molecule has 0 amide bonds. The molecule has 0 aliphatic carbocycles. The number of aromatic nitrogens is 3. The zero-order valence-corrected chi connectivity index (χ0v) is 20.5. The van der Waals surface area contributed by atoms with Crippen LogP contribution in [0.5, 0.6) is 11.5 Å². The maximum Gasteiger partial charge on any atom is 0.355 e. The number of aryl methyl sites for hydroxylation is 1. The van der Waals surface area contributed by atoms with Gasteiger partial charge in [-0.15, -0.1) is 21.5 Å². The van der Waals surface area contributed by atoms with E-state index in [1.165, 1.54) is 18.4 Å². The molecular weight excluding hydrogens is 484 g/mol. The Bertz CT molecular complexity index is 1500. The number of halogens is 1. The van der Waals surface area contributed by atoms with Crippen molar-refractivity contribution in [3.8, 4) is 17.6 Å². The van der Waals surface area contributed by atoms with Crippen LogP contribution in [-0.2, 0) is 13.0 Å². The first-order valence-corrected chi connectivity index (χ1v) is 12.4. The fraction of sp³-hybridized carbons (Fsp3) is 0.231. The predicted octanol–water partition coefficient (Wildman–Crippen LogP) is 6.16. The van der Waals surface area contributed by atoms with Crippen molar-refractivity contribution >= 4 is 50.6 Å². The second kappa shape index (κ2) is 9.90. The van der Waals surface area contributed by atoms with Crippen molar-refractivity contribution in [1.82, 2.24) is 14.8 Å². The molecule has 1 aliphatic rings. The summed E-state index contributed by atoms with van der Waals surface area (Å²) in [6.45, 7) is 0.801. The molecule has 0 spiro atoms. The van der Waals surface area contributed by atoms with Crippen LogP contribution in [0.25, 0.3) is 21.7 Å². The van der Waals surface area contributed by atoms with Gasteiger partial charge in [0, 0.05) is 23.1 Å². The number of carbonyl (C=O) groups is 1. The second-order valence-electron chi connectivity index (χ2n) is 8.11. The third-order valence-corrected chi connectivity index (χ3v) is 7.55. The van der Waals surface area contributed by atoms with E-state index >= 15 is 0 Å². The van der Waals surface area contributed by atoms with Gasteiger partial charge in [0.25, 0.3) is 0 Å². The highest BCUT2D eigenvalue weighted by molar-refractivity contribution is 7.21. The Kier molecular flexibility index (Phi) is 6.53. The Labute approximate surface area is 211 Å². The van der Waals surface area contributed by atoms with Crippen LogP contribution in [-0.4, -0.2) is 27.8 Å². The largest absolute Gasteiger partial charge is 0.493 e. The van der Waals surface area contributed by atoms with Gasteiger partial charge in [0.05, 0.1) is 17.7 Å². The van der Waals surface area contributed by atoms with Gasteiger partial charge in [-0.3, -0.25) is 0 Å². The Hall–Kier alpha value is -3.67. The van der Waals surface area contributed by atoms with Gasteiger partial charge >= 0.3 is 5.97 Å². The van der Waals surface area contributed by atoms with Crippen LogP contribution in [0.4, 0.5) is 0 Å². The normalized spacial score (nSPS) is 13.7. The number of benzene rings is 2. The van der Waals surface area contributed by atoms with Gasteiger partial charge in [0.2, 0.25) is 0 Å². The van der Waals surface area contributed by atoms with E-state index in [-0.39, 0.29) is 5.75 Å². The third-order valence-electron chi connectivity index (χ3n) is 5.89. The van der Waals surface area contributed by atoms with Crippen molar-refractivity contribution in [1.29, 1.82) is 5.26 Å². The zero-order valence-electron chi connectivity index (χ0n) is 19.0. The maximum absolute atomic E-state index is 12.9. The van der Waals surface area contributed by atoms with Gasteiger partial charge in [0.1, 0.15) is 16.8 Å². The van der Waals surface area contributed by atoms with E-state index in [4.69, 9.17) is 21.1 Å². The van der Waals surface area contributed by atoms with Crippen LogP contribution in [0, 0.1) is 11.3 Å². The summed E-state index contributed by atoms with van der Waals surface area (Å²) in [5, 5.41) is 19.6. The van der Waals surface area contributed by atoms with Crippen molar-refractivity contribution in [2.75, 3.05) is 7.11 Å². The minimum atomic E-state index is -0.554. The summed E-state index contributed by atoms with van der Waals surface area (Å²) in [6.07, 6.45) is 5.85. The number of allylic oxidation sites excluding steroid dienone is 1. The lowest BCUT2D eigenvalue weighted by Gasteiger charge is -2.10. The number of esters is 1. The lowest BCUT2D eigenvalue weighted by atomic mass is 10.1. The molecule has 0 saturated carbocycles. The zero-order chi connectivity index (χ0) is 24.4. The number of fused-ring (bicyclic) bond motifs is 2.